The Morgan fingerprint density at radius 1 is 1.33 bits per heavy atom. The third-order valence-corrected chi connectivity index (χ3v) is 3.17. The van der Waals surface area contributed by atoms with Gasteiger partial charge in [-0.15, -0.1) is 0 Å². The Bertz CT molecular complexity index is 377. The average molecular weight is 271 g/mol. The van der Waals surface area contributed by atoms with Crippen molar-refractivity contribution in [2.75, 3.05) is 6.54 Å². The normalized spacial score (nSPS) is 12.1. The van der Waals surface area contributed by atoms with Gasteiger partial charge in [0.15, 0.2) is 0 Å². The van der Waals surface area contributed by atoms with Crippen molar-refractivity contribution in [3.05, 3.63) is 22.4 Å². The fourth-order valence-electron chi connectivity index (χ4n) is 1.44. The van der Waals surface area contributed by atoms with Crippen molar-refractivity contribution in [3.8, 4) is 0 Å². The van der Waals surface area contributed by atoms with Gasteiger partial charge >= 0.3 is 5.97 Å². The Balaban J connectivity index is 2.11. The Morgan fingerprint density at radius 3 is 2.67 bits per heavy atom. The molecule has 1 aromatic rings. The van der Waals surface area contributed by atoms with Gasteiger partial charge in [0.1, 0.15) is 0 Å². The van der Waals surface area contributed by atoms with Gasteiger partial charge in [0.25, 0.3) is 0 Å². The van der Waals surface area contributed by atoms with Gasteiger partial charge in [-0.2, -0.15) is 11.3 Å². The third kappa shape index (κ3) is 5.79. The second-order valence-electron chi connectivity index (χ2n) is 3.98. The molecule has 1 atom stereocenters. The van der Waals surface area contributed by atoms with Crippen molar-refractivity contribution in [1.82, 2.24) is 5.32 Å². The Kier molecular flexibility index (Phi) is 6.38. The minimum atomic E-state index is -0.844. The molecule has 0 aliphatic heterocycles. The van der Waals surface area contributed by atoms with E-state index < -0.39 is 12.1 Å². The summed E-state index contributed by atoms with van der Waals surface area (Å²) in [6.45, 7) is 0.189. The lowest BCUT2D eigenvalue weighted by atomic mass is 10.1. The van der Waals surface area contributed by atoms with Crippen LogP contribution in [0.25, 0.3) is 0 Å². The van der Waals surface area contributed by atoms with Crippen LogP contribution in [0.2, 0.25) is 0 Å². The number of carbonyl (C=O) groups excluding carboxylic acids is 1. The van der Waals surface area contributed by atoms with E-state index in [1.165, 1.54) is 11.3 Å². The summed E-state index contributed by atoms with van der Waals surface area (Å²) < 4.78 is 0. The molecule has 0 aromatic carbocycles. The van der Waals surface area contributed by atoms with Crippen molar-refractivity contribution in [2.24, 2.45) is 0 Å². The molecule has 0 spiro atoms. The zero-order chi connectivity index (χ0) is 13.4. The molecule has 1 amide bonds. The molecule has 0 saturated carbocycles. The van der Waals surface area contributed by atoms with E-state index in [1.54, 1.807) is 0 Å². The number of thiophene rings is 1. The highest BCUT2D eigenvalue weighted by Crippen LogP contribution is 2.15. The van der Waals surface area contributed by atoms with Crippen molar-refractivity contribution < 1.29 is 19.8 Å². The monoisotopic (exact) mass is 271 g/mol. The van der Waals surface area contributed by atoms with E-state index >= 15 is 0 Å². The predicted molar refractivity (Wildman–Crippen MR) is 68.4 cm³/mol. The van der Waals surface area contributed by atoms with Crippen LogP contribution in [0.3, 0.4) is 0 Å². The highest BCUT2D eigenvalue weighted by Gasteiger charge is 2.09. The molecule has 0 saturated heterocycles. The molecule has 100 valence electrons. The minimum Gasteiger partial charge on any atom is -0.481 e. The van der Waals surface area contributed by atoms with Crippen LogP contribution in [0.1, 0.15) is 37.4 Å². The van der Waals surface area contributed by atoms with E-state index in [0.717, 1.165) is 5.56 Å². The number of carboxylic acids is 1. The summed E-state index contributed by atoms with van der Waals surface area (Å²) in [5.74, 6) is -1.00. The third-order valence-electron chi connectivity index (χ3n) is 2.47. The van der Waals surface area contributed by atoms with Crippen LogP contribution >= 0.6 is 11.3 Å². The number of aliphatic carboxylic acids is 1. The molecule has 18 heavy (non-hydrogen) atoms. The largest absolute Gasteiger partial charge is 0.481 e. The Morgan fingerprint density at radius 2 is 2.06 bits per heavy atom. The maximum atomic E-state index is 11.4. The molecule has 6 heteroatoms. The number of aliphatic hydroxyl groups is 1. The van der Waals surface area contributed by atoms with Crippen molar-refractivity contribution in [1.29, 1.82) is 0 Å². The number of nitrogens with one attached hydrogen (secondary N) is 1. The van der Waals surface area contributed by atoms with Crippen LogP contribution in [-0.2, 0) is 9.59 Å². The minimum absolute atomic E-state index is 0.0881. The van der Waals surface area contributed by atoms with E-state index in [0.29, 0.717) is 19.3 Å². The van der Waals surface area contributed by atoms with Gasteiger partial charge in [0.05, 0.1) is 6.10 Å². The number of hydrogen-bond acceptors (Lipinski definition) is 4. The van der Waals surface area contributed by atoms with E-state index in [9.17, 15) is 14.7 Å². The van der Waals surface area contributed by atoms with Crippen LogP contribution in [0.5, 0.6) is 0 Å². The molecule has 0 aliphatic rings. The van der Waals surface area contributed by atoms with Crippen LogP contribution in [0.15, 0.2) is 16.8 Å². The zero-order valence-electron chi connectivity index (χ0n) is 9.96. The molecular formula is C12H17NO4S. The van der Waals surface area contributed by atoms with Crippen LogP contribution in [-0.4, -0.2) is 28.6 Å². The van der Waals surface area contributed by atoms with Crippen LogP contribution in [0.4, 0.5) is 0 Å². The van der Waals surface area contributed by atoms with Crippen LogP contribution in [0, 0.1) is 0 Å². The number of unbranched alkanes of at least 4 members (excludes halogenated alkanes) is 1. The summed E-state index contributed by atoms with van der Waals surface area (Å²) in [6.07, 6.45) is 0.746. The van der Waals surface area contributed by atoms with Crippen molar-refractivity contribution in [2.45, 2.75) is 31.8 Å². The van der Waals surface area contributed by atoms with Crippen molar-refractivity contribution in [3.63, 3.8) is 0 Å². The molecule has 0 fully saturated rings. The topological polar surface area (TPSA) is 86.6 Å². The van der Waals surface area contributed by atoms with Gasteiger partial charge in [-0.05, 0) is 35.2 Å². The number of hydrogen-bond donors (Lipinski definition) is 3. The number of rotatable bonds is 8. The fourth-order valence-corrected chi connectivity index (χ4v) is 2.15. The summed E-state index contributed by atoms with van der Waals surface area (Å²) in [4.78, 5) is 21.7. The Labute approximate surface area is 109 Å². The average Bonchev–Trinajstić information content (AvgIpc) is 2.85. The summed E-state index contributed by atoms with van der Waals surface area (Å²) in [7, 11) is 0. The molecule has 1 heterocycles. The summed E-state index contributed by atoms with van der Waals surface area (Å²) in [5.41, 5.74) is 0.797. The highest BCUT2D eigenvalue weighted by molar-refractivity contribution is 7.07. The number of aliphatic hydroxyl groups excluding tert-OH is 1. The van der Waals surface area contributed by atoms with E-state index in [2.05, 4.69) is 5.32 Å². The van der Waals surface area contributed by atoms with E-state index in [4.69, 9.17) is 5.11 Å². The molecule has 1 rings (SSSR count). The SMILES string of the molecule is O=C(O)CCCCC(=O)NCC(O)c1ccsc1. The second kappa shape index (κ2) is 7.84. The summed E-state index contributed by atoms with van der Waals surface area (Å²) in [6, 6.07) is 1.81. The highest BCUT2D eigenvalue weighted by atomic mass is 32.1. The molecule has 3 N–H and O–H groups in total. The molecule has 0 aliphatic carbocycles. The first kappa shape index (κ1) is 14.7. The summed E-state index contributed by atoms with van der Waals surface area (Å²) >= 11 is 1.49. The fraction of sp³-hybridized carbons (Fsp3) is 0.500. The Hall–Kier alpha value is -1.40. The quantitative estimate of drug-likeness (QED) is 0.626. The maximum absolute atomic E-state index is 11.4. The second-order valence-corrected chi connectivity index (χ2v) is 4.76. The number of amides is 1. The first-order valence-electron chi connectivity index (χ1n) is 5.78. The number of carboxylic acid groups (broad SMARTS) is 1. The summed E-state index contributed by atoms with van der Waals surface area (Å²) in [5, 5.41) is 24.5. The van der Waals surface area contributed by atoms with Gasteiger partial charge in [-0.1, -0.05) is 0 Å². The molecule has 1 aromatic heterocycles. The van der Waals surface area contributed by atoms with Crippen molar-refractivity contribution >= 4 is 23.2 Å². The van der Waals surface area contributed by atoms with Gasteiger partial charge in [-0.25, -0.2) is 0 Å². The first-order valence-corrected chi connectivity index (χ1v) is 6.72. The predicted octanol–water partition coefficient (Wildman–Crippen LogP) is 1.54. The van der Waals surface area contributed by atoms with E-state index in [1.807, 2.05) is 16.8 Å². The standard InChI is InChI=1S/C12H17NO4S/c14-10(9-5-6-18-8-9)7-13-11(15)3-1-2-4-12(16)17/h5-6,8,10,14H,1-4,7H2,(H,13,15)(H,16,17). The molecule has 0 radical (unpaired) electrons. The first-order chi connectivity index (χ1) is 8.59. The van der Waals surface area contributed by atoms with Gasteiger partial charge in [0.2, 0.25) is 5.91 Å². The van der Waals surface area contributed by atoms with Gasteiger partial charge in [-0.3, -0.25) is 9.59 Å². The molecule has 1 unspecified atom stereocenters. The smallest absolute Gasteiger partial charge is 0.303 e. The molecule has 0 bridgehead atoms. The zero-order valence-corrected chi connectivity index (χ0v) is 10.8. The molecular weight excluding hydrogens is 254 g/mol. The van der Waals surface area contributed by atoms with Gasteiger partial charge in [0, 0.05) is 19.4 Å². The van der Waals surface area contributed by atoms with E-state index in [-0.39, 0.29) is 18.9 Å². The number of carbonyl (C=O) groups is 2. The van der Waals surface area contributed by atoms with Crippen LogP contribution < -0.4 is 5.32 Å². The maximum Gasteiger partial charge on any atom is 0.303 e. The lowest BCUT2D eigenvalue weighted by Gasteiger charge is -2.10. The molecule has 5 nitrogen and oxygen atoms in total. The van der Waals surface area contributed by atoms with Gasteiger partial charge < -0.3 is 15.5 Å². The lowest BCUT2D eigenvalue weighted by Crippen LogP contribution is -2.27. The lowest BCUT2D eigenvalue weighted by molar-refractivity contribution is -0.137.